The molecule has 3 rings (SSSR count). The van der Waals surface area contributed by atoms with Crippen molar-refractivity contribution in [2.75, 3.05) is 26.4 Å². The minimum atomic E-state index is -0.0506. The summed E-state index contributed by atoms with van der Waals surface area (Å²) in [6.07, 6.45) is 0. The second-order valence-corrected chi connectivity index (χ2v) is 7.13. The predicted molar refractivity (Wildman–Crippen MR) is 106 cm³/mol. The van der Waals surface area contributed by atoms with Crippen LogP contribution in [0.3, 0.4) is 0 Å². The average Bonchev–Trinajstić information content (AvgIpc) is 3.16. The Bertz CT molecular complexity index is 853. The molecule has 0 spiro atoms. The lowest BCUT2D eigenvalue weighted by Crippen LogP contribution is -2.35. The van der Waals surface area contributed by atoms with Crippen molar-refractivity contribution in [3.05, 3.63) is 66.2 Å². The molecule has 0 fully saturated rings. The molecule has 0 radical (unpaired) electrons. The Balaban J connectivity index is 1.55. The predicted octanol–water partition coefficient (Wildman–Crippen LogP) is 2.17. The minimum absolute atomic E-state index is 0.0506. The van der Waals surface area contributed by atoms with Gasteiger partial charge < -0.3 is 10.2 Å². The van der Waals surface area contributed by atoms with E-state index in [4.69, 9.17) is 0 Å². The Labute approximate surface area is 162 Å². The molecule has 0 saturated carbocycles. The smallest absolute Gasteiger partial charge is 0.230 e. The number of likely N-dealkylation sites (N-methyl/N-ethyl adjacent to an activating group) is 1. The second-order valence-electron chi connectivity index (χ2n) is 6.19. The van der Waals surface area contributed by atoms with Crippen LogP contribution in [0.2, 0.25) is 0 Å². The second kappa shape index (κ2) is 9.29. The van der Waals surface area contributed by atoms with Crippen molar-refractivity contribution < 1.29 is 4.79 Å². The summed E-state index contributed by atoms with van der Waals surface area (Å²) >= 11 is 1.31. The SMILES string of the molecule is CN(C)[C@@H](CNC(=O)CSc1nnnn1-c1ccccc1)c1ccccc1. The molecule has 0 unspecified atom stereocenters. The summed E-state index contributed by atoms with van der Waals surface area (Å²) in [5, 5.41) is 15.3. The lowest BCUT2D eigenvalue weighted by molar-refractivity contribution is -0.118. The average molecular weight is 382 g/mol. The van der Waals surface area contributed by atoms with E-state index in [1.807, 2.05) is 62.6 Å². The normalized spacial score (nSPS) is 12.1. The van der Waals surface area contributed by atoms with Crippen LogP contribution in [0.15, 0.2) is 65.8 Å². The summed E-state index contributed by atoms with van der Waals surface area (Å²) in [4.78, 5) is 14.4. The zero-order valence-electron chi connectivity index (χ0n) is 15.3. The summed E-state index contributed by atoms with van der Waals surface area (Å²) in [6.45, 7) is 0.542. The third kappa shape index (κ3) is 5.15. The Kier molecular flexibility index (Phi) is 6.56. The number of nitrogens with zero attached hydrogens (tertiary/aromatic N) is 5. The van der Waals surface area contributed by atoms with Gasteiger partial charge in [-0.25, -0.2) is 0 Å². The fourth-order valence-corrected chi connectivity index (χ4v) is 3.39. The molecule has 7 nitrogen and oxygen atoms in total. The standard InChI is InChI=1S/C19H22N6OS/c1-24(2)17(15-9-5-3-6-10-15)13-20-18(26)14-27-19-21-22-23-25(19)16-11-7-4-8-12-16/h3-12,17H,13-14H2,1-2H3,(H,20,26)/t17-/m0/s1. The van der Waals surface area contributed by atoms with Gasteiger partial charge >= 0.3 is 0 Å². The van der Waals surface area contributed by atoms with Crippen LogP contribution in [-0.2, 0) is 4.79 Å². The monoisotopic (exact) mass is 382 g/mol. The molecule has 0 aliphatic rings. The molecular weight excluding hydrogens is 360 g/mol. The van der Waals surface area contributed by atoms with Crippen LogP contribution in [-0.4, -0.2) is 57.4 Å². The van der Waals surface area contributed by atoms with E-state index in [9.17, 15) is 4.79 Å². The van der Waals surface area contributed by atoms with Crippen molar-refractivity contribution in [3.63, 3.8) is 0 Å². The first-order chi connectivity index (χ1) is 13.1. The molecule has 1 amide bonds. The van der Waals surface area contributed by atoms with Crippen molar-refractivity contribution in [2.24, 2.45) is 0 Å². The van der Waals surface area contributed by atoms with Crippen LogP contribution in [0.25, 0.3) is 5.69 Å². The van der Waals surface area contributed by atoms with Gasteiger partial charge in [-0.2, -0.15) is 4.68 Å². The van der Waals surface area contributed by atoms with Gasteiger partial charge in [-0.1, -0.05) is 60.3 Å². The van der Waals surface area contributed by atoms with Crippen LogP contribution in [0, 0.1) is 0 Å². The Morgan fingerprint density at radius 2 is 1.78 bits per heavy atom. The number of carbonyl (C=O) groups excluding carboxylic acids is 1. The lowest BCUT2D eigenvalue weighted by Gasteiger charge is -2.25. The molecule has 2 aromatic carbocycles. The first-order valence-electron chi connectivity index (χ1n) is 8.60. The number of amides is 1. The van der Waals surface area contributed by atoms with Gasteiger partial charge in [-0.05, 0) is 42.2 Å². The van der Waals surface area contributed by atoms with Crippen LogP contribution in [0.5, 0.6) is 0 Å². The molecule has 1 heterocycles. The van der Waals surface area contributed by atoms with Crippen LogP contribution >= 0.6 is 11.8 Å². The summed E-state index contributed by atoms with van der Waals surface area (Å²) in [6, 6.07) is 19.9. The number of nitrogens with one attached hydrogen (secondary N) is 1. The van der Waals surface area contributed by atoms with Crippen LogP contribution in [0.4, 0.5) is 0 Å². The molecular formula is C19H22N6OS. The van der Waals surface area contributed by atoms with E-state index >= 15 is 0 Å². The zero-order valence-corrected chi connectivity index (χ0v) is 16.1. The van der Waals surface area contributed by atoms with E-state index in [1.165, 1.54) is 17.3 Å². The first kappa shape index (κ1) is 19.1. The number of rotatable bonds is 8. The van der Waals surface area contributed by atoms with Gasteiger partial charge in [0, 0.05) is 6.54 Å². The van der Waals surface area contributed by atoms with E-state index in [0.29, 0.717) is 11.7 Å². The van der Waals surface area contributed by atoms with E-state index in [2.05, 4.69) is 37.9 Å². The largest absolute Gasteiger partial charge is 0.353 e. The quantitative estimate of drug-likeness (QED) is 0.602. The maximum absolute atomic E-state index is 12.3. The number of thioether (sulfide) groups is 1. The fourth-order valence-electron chi connectivity index (χ4n) is 2.67. The highest BCUT2D eigenvalue weighted by Crippen LogP contribution is 2.19. The number of benzene rings is 2. The molecule has 1 atom stereocenters. The Hall–Kier alpha value is -2.71. The molecule has 27 heavy (non-hydrogen) atoms. The third-order valence-electron chi connectivity index (χ3n) is 4.07. The maximum atomic E-state index is 12.3. The lowest BCUT2D eigenvalue weighted by atomic mass is 10.1. The molecule has 0 aliphatic carbocycles. The van der Waals surface area contributed by atoms with E-state index in [-0.39, 0.29) is 17.7 Å². The number of hydrogen-bond donors (Lipinski definition) is 1. The van der Waals surface area contributed by atoms with E-state index in [1.54, 1.807) is 4.68 Å². The molecule has 1 N–H and O–H groups in total. The molecule has 0 aliphatic heterocycles. The Morgan fingerprint density at radius 3 is 2.44 bits per heavy atom. The first-order valence-corrected chi connectivity index (χ1v) is 9.58. The van der Waals surface area contributed by atoms with E-state index < -0.39 is 0 Å². The number of hydrogen-bond acceptors (Lipinski definition) is 6. The van der Waals surface area contributed by atoms with Crippen molar-refractivity contribution in [2.45, 2.75) is 11.2 Å². The molecule has 8 heteroatoms. The highest BCUT2D eigenvalue weighted by Gasteiger charge is 2.16. The van der Waals surface area contributed by atoms with E-state index in [0.717, 1.165) is 5.69 Å². The van der Waals surface area contributed by atoms with Gasteiger partial charge in [0.1, 0.15) is 0 Å². The molecule has 3 aromatic rings. The zero-order chi connectivity index (χ0) is 19.1. The number of tetrazole rings is 1. The molecule has 0 saturated heterocycles. The molecule has 140 valence electrons. The summed E-state index contributed by atoms with van der Waals surface area (Å²) < 4.78 is 1.63. The van der Waals surface area contributed by atoms with Gasteiger partial charge in [-0.15, -0.1) is 5.10 Å². The highest BCUT2D eigenvalue weighted by atomic mass is 32.2. The van der Waals surface area contributed by atoms with Gasteiger partial charge in [0.15, 0.2) is 0 Å². The van der Waals surface area contributed by atoms with Crippen LogP contribution < -0.4 is 5.32 Å². The van der Waals surface area contributed by atoms with Crippen molar-refractivity contribution in [1.82, 2.24) is 30.4 Å². The summed E-state index contributed by atoms with van der Waals surface area (Å²) in [7, 11) is 4.01. The number of carbonyl (C=O) groups is 1. The van der Waals surface area contributed by atoms with Gasteiger partial charge in [0.2, 0.25) is 11.1 Å². The van der Waals surface area contributed by atoms with Crippen molar-refractivity contribution in [1.29, 1.82) is 0 Å². The topological polar surface area (TPSA) is 75.9 Å². The Morgan fingerprint density at radius 1 is 1.11 bits per heavy atom. The highest BCUT2D eigenvalue weighted by molar-refractivity contribution is 7.99. The number of para-hydroxylation sites is 1. The van der Waals surface area contributed by atoms with Gasteiger partial charge in [0.25, 0.3) is 0 Å². The summed E-state index contributed by atoms with van der Waals surface area (Å²) in [5.74, 6) is 0.202. The maximum Gasteiger partial charge on any atom is 0.230 e. The minimum Gasteiger partial charge on any atom is -0.353 e. The summed E-state index contributed by atoms with van der Waals surface area (Å²) in [5.41, 5.74) is 2.03. The van der Waals surface area contributed by atoms with Gasteiger partial charge in [0.05, 0.1) is 17.5 Å². The van der Waals surface area contributed by atoms with Crippen molar-refractivity contribution >= 4 is 17.7 Å². The van der Waals surface area contributed by atoms with Crippen molar-refractivity contribution in [3.8, 4) is 5.69 Å². The molecule has 0 bridgehead atoms. The van der Waals surface area contributed by atoms with Crippen LogP contribution in [0.1, 0.15) is 11.6 Å². The molecule has 1 aromatic heterocycles. The third-order valence-corrected chi connectivity index (χ3v) is 4.99. The fraction of sp³-hybridized carbons (Fsp3) is 0.263. The number of aromatic nitrogens is 4. The van der Waals surface area contributed by atoms with Gasteiger partial charge in [-0.3, -0.25) is 4.79 Å².